The van der Waals surface area contributed by atoms with Gasteiger partial charge in [-0.05, 0) is 43.0 Å². The summed E-state index contributed by atoms with van der Waals surface area (Å²) >= 11 is 0. The number of anilines is 1. The molecule has 0 aromatic heterocycles. The van der Waals surface area contributed by atoms with Gasteiger partial charge in [-0.25, -0.2) is 0 Å². The fourth-order valence-electron chi connectivity index (χ4n) is 5.02. The third kappa shape index (κ3) is 4.56. The quantitative estimate of drug-likeness (QED) is 0.463. The first-order valence-corrected chi connectivity index (χ1v) is 12.3. The van der Waals surface area contributed by atoms with Crippen LogP contribution < -0.4 is 10.2 Å². The van der Waals surface area contributed by atoms with Crippen LogP contribution in [0.1, 0.15) is 63.7 Å². The van der Waals surface area contributed by atoms with Gasteiger partial charge in [0.25, 0.3) is 11.8 Å². The number of carbonyl (C=O) groups is 3. The van der Waals surface area contributed by atoms with Crippen molar-refractivity contribution in [2.24, 2.45) is 0 Å². The molecule has 35 heavy (non-hydrogen) atoms. The molecule has 2 aliphatic rings. The lowest BCUT2D eigenvalue weighted by Gasteiger charge is -2.41. The van der Waals surface area contributed by atoms with Crippen molar-refractivity contribution in [3.8, 4) is 0 Å². The van der Waals surface area contributed by atoms with Crippen LogP contribution in [-0.2, 0) is 11.2 Å². The van der Waals surface area contributed by atoms with Crippen molar-refractivity contribution in [3.05, 3.63) is 101 Å². The minimum Gasteiger partial charge on any atom is -0.356 e. The van der Waals surface area contributed by atoms with Crippen molar-refractivity contribution >= 4 is 23.4 Å². The van der Waals surface area contributed by atoms with E-state index in [1.165, 1.54) is 5.56 Å². The lowest BCUT2D eigenvalue weighted by atomic mass is 10.0. The molecule has 0 aliphatic carbocycles. The summed E-state index contributed by atoms with van der Waals surface area (Å²) in [4.78, 5) is 42.4. The Morgan fingerprint density at radius 3 is 2.31 bits per heavy atom. The molecule has 5 rings (SSSR count). The summed E-state index contributed by atoms with van der Waals surface area (Å²) in [5, 5.41) is 2.99. The first-order chi connectivity index (χ1) is 17.1. The zero-order chi connectivity index (χ0) is 24.2. The standard InChI is InChI=1S/C29H29N3O3/c33-26(30-19-18-21-11-3-1-4-12-21)17-5-2-10-20-31-27-22-13-6-7-14-23(22)29(35)32(27)25-16-9-8-15-24(25)28(31)34/h1,3-4,6-9,11-16,27H,2,5,10,17-20H2,(H,30,33)/t27-/m1/s1. The maximum atomic E-state index is 13.4. The lowest BCUT2D eigenvalue weighted by molar-refractivity contribution is -0.121. The zero-order valence-electron chi connectivity index (χ0n) is 19.7. The average Bonchev–Trinajstić information content (AvgIpc) is 3.19. The summed E-state index contributed by atoms with van der Waals surface area (Å²) in [5.74, 6) is -0.0573. The Hall–Kier alpha value is -3.93. The SMILES string of the molecule is O=C(CCCCCN1C(=O)c2ccccc2N2C(=O)c3ccccc3[C@H]12)NCCc1ccccc1. The molecule has 6 heteroatoms. The molecular formula is C29H29N3O3. The molecule has 3 amide bonds. The van der Waals surface area contributed by atoms with Gasteiger partial charge in [0.2, 0.25) is 5.91 Å². The summed E-state index contributed by atoms with van der Waals surface area (Å²) in [7, 11) is 0. The van der Waals surface area contributed by atoms with Gasteiger partial charge in [0.15, 0.2) is 0 Å². The number of unbranched alkanes of at least 4 members (excludes halogenated alkanes) is 2. The van der Waals surface area contributed by atoms with Crippen molar-refractivity contribution in [2.45, 2.75) is 38.3 Å². The molecule has 6 nitrogen and oxygen atoms in total. The average molecular weight is 468 g/mol. The van der Waals surface area contributed by atoms with Crippen LogP contribution in [-0.4, -0.2) is 35.7 Å². The van der Waals surface area contributed by atoms with Crippen molar-refractivity contribution < 1.29 is 14.4 Å². The number of benzene rings is 3. The van der Waals surface area contributed by atoms with Crippen LogP contribution in [0.2, 0.25) is 0 Å². The highest BCUT2D eigenvalue weighted by Crippen LogP contribution is 2.45. The Balaban J connectivity index is 1.17. The van der Waals surface area contributed by atoms with Crippen LogP contribution in [0.15, 0.2) is 78.9 Å². The molecule has 0 radical (unpaired) electrons. The van der Waals surface area contributed by atoms with Crippen LogP contribution in [0.4, 0.5) is 5.69 Å². The number of rotatable bonds is 9. The van der Waals surface area contributed by atoms with Gasteiger partial charge in [0.1, 0.15) is 6.17 Å². The highest BCUT2D eigenvalue weighted by atomic mass is 16.2. The number of hydrogen-bond acceptors (Lipinski definition) is 3. The molecule has 0 unspecified atom stereocenters. The molecule has 3 aromatic carbocycles. The second kappa shape index (κ2) is 10.1. The molecule has 0 bridgehead atoms. The smallest absolute Gasteiger partial charge is 0.260 e. The summed E-state index contributed by atoms with van der Waals surface area (Å²) < 4.78 is 0. The fraction of sp³-hybridized carbons (Fsp3) is 0.276. The molecular weight excluding hydrogens is 438 g/mol. The maximum Gasteiger partial charge on any atom is 0.260 e. The number of nitrogens with one attached hydrogen (secondary N) is 1. The second-order valence-electron chi connectivity index (χ2n) is 9.05. The van der Waals surface area contributed by atoms with E-state index in [0.717, 1.165) is 31.2 Å². The first kappa shape index (κ1) is 22.8. The highest BCUT2D eigenvalue weighted by molar-refractivity contribution is 6.16. The summed E-state index contributed by atoms with van der Waals surface area (Å²) in [6.45, 7) is 1.17. The van der Waals surface area contributed by atoms with Gasteiger partial charge in [-0.2, -0.15) is 0 Å². The van der Waals surface area contributed by atoms with Gasteiger partial charge in [0, 0.05) is 30.6 Å². The van der Waals surface area contributed by atoms with Gasteiger partial charge in [-0.15, -0.1) is 0 Å². The normalized spacial score (nSPS) is 16.1. The third-order valence-corrected chi connectivity index (χ3v) is 6.76. The lowest BCUT2D eigenvalue weighted by Crippen LogP contribution is -2.48. The van der Waals surface area contributed by atoms with E-state index >= 15 is 0 Å². The van der Waals surface area contributed by atoms with E-state index in [4.69, 9.17) is 0 Å². The molecule has 0 spiro atoms. The van der Waals surface area contributed by atoms with E-state index in [9.17, 15) is 14.4 Å². The molecule has 0 saturated carbocycles. The molecule has 1 atom stereocenters. The van der Waals surface area contributed by atoms with E-state index in [-0.39, 0.29) is 17.7 Å². The van der Waals surface area contributed by atoms with Crippen molar-refractivity contribution in [3.63, 3.8) is 0 Å². The van der Waals surface area contributed by atoms with Gasteiger partial charge in [-0.3, -0.25) is 19.3 Å². The predicted molar refractivity (Wildman–Crippen MR) is 135 cm³/mol. The highest BCUT2D eigenvalue weighted by Gasteiger charge is 2.47. The van der Waals surface area contributed by atoms with Crippen LogP contribution >= 0.6 is 0 Å². The molecule has 0 saturated heterocycles. The Morgan fingerprint density at radius 2 is 1.49 bits per heavy atom. The number of para-hydroxylation sites is 1. The van der Waals surface area contributed by atoms with E-state index in [2.05, 4.69) is 17.4 Å². The van der Waals surface area contributed by atoms with Crippen molar-refractivity contribution in [1.82, 2.24) is 10.2 Å². The minimum absolute atomic E-state index is 0.0509. The largest absolute Gasteiger partial charge is 0.356 e. The monoisotopic (exact) mass is 467 g/mol. The van der Waals surface area contributed by atoms with E-state index in [0.29, 0.717) is 36.3 Å². The molecule has 0 fully saturated rings. The second-order valence-corrected chi connectivity index (χ2v) is 9.05. The molecule has 3 aromatic rings. The fourth-order valence-corrected chi connectivity index (χ4v) is 5.02. The number of carbonyl (C=O) groups excluding carboxylic acids is 3. The summed E-state index contributed by atoms with van der Waals surface area (Å²) in [5.41, 5.74) is 3.97. The Morgan fingerprint density at radius 1 is 0.771 bits per heavy atom. The van der Waals surface area contributed by atoms with Crippen molar-refractivity contribution in [1.29, 1.82) is 0 Å². The Bertz CT molecular complexity index is 1240. The first-order valence-electron chi connectivity index (χ1n) is 12.3. The molecule has 2 heterocycles. The number of hydrogen-bond donors (Lipinski definition) is 1. The van der Waals surface area contributed by atoms with Crippen LogP contribution in [0, 0.1) is 0 Å². The number of nitrogens with zero attached hydrogens (tertiary/aromatic N) is 2. The van der Waals surface area contributed by atoms with Crippen LogP contribution in [0.25, 0.3) is 0 Å². The molecule has 1 N–H and O–H groups in total. The minimum atomic E-state index is -0.414. The van der Waals surface area contributed by atoms with E-state index < -0.39 is 6.17 Å². The van der Waals surface area contributed by atoms with Gasteiger partial charge in [-0.1, -0.05) is 67.1 Å². The predicted octanol–water partition coefficient (Wildman–Crippen LogP) is 4.72. The van der Waals surface area contributed by atoms with Gasteiger partial charge >= 0.3 is 0 Å². The van der Waals surface area contributed by atoms with Crippen LogP contribution in [0.3, 0.4) is 0 Å². The number of amides is 3. The van der Waals surface area contributed by atoms with E-state index in [1.807, 2.05) is 65.6 Å². The summed E-state index contributed by atoms with van der Waals surface area (Å²) in [6, 6.07) is 25.0. The Labute approximate surface area is 205 Å². The molecule has 178 valence electrons. The van der Waals surface area contributed by atoms with Gasteiger partial charge < -0.3 is 10.2 Å². The zero-order valence-corrected chi connectivity index (χ0v) is 19.7. The van der Waals surface area contributed by atoms with Crippen molar-refractivity contribution in [2.75, 3.05) is 18.0 Å². The van der Waals surface area contributed by atoms with Gasteiger partial charge in [0.05, 0.1) is 11.3 Å². The Kier molecular flexibility index (Phi) is 6.62. The summed E-state index contributed by atoms with van der Waals surface area (Å²) in [6.07, 6.45) is 3.25. The van der Waals surface area contributed by atoms with E-state index in [1.54, 1.807) is 11.0 Å². The third-order valence-electron chi connectivity index (χ3n) is 6.76. The number of fused-ring (bicyclic) bond motifs is 5. The van der Waals surface area contributed by atoms with Crippen LogP contribution in [0.5, 0.6) is 0 Å². The topological polar surface area (TPSA) is 69.7 Å². The molecule has 2 aliphatic heterocycles. The maximum absolute atomic E-state index is 13.4.